The second-order valence-electron chi connectivity index (χ2n) is 6.34. The molecule has 0 aromatic heterocycles. The maximum atomic E-state index is 12.2. The number of β-amino-alcohol motifs (C(OH)–C–C–N with tert-alkyl or cyclic N) is 1. The minimum Gasteiger partial charge on any atom is -0.387 e. The van der Waals surface area contributed by atoms with Crippen molar-refractivity contribution in [1.82, 2.24) is 9.80 Å². The summed E-state index contributed by atoms with van der Waals surface area (Å²) < 4.78 is 0. The van der Waals surface area contributed by atoms with Gasteiger partial charge in [-0.2, -0.15) is 0 Å². The van der Waals surface area contributed by atoms with Gasteiger partial charge >= 0.3 is 0 Å². The number of hydrogen-bond donors (Lipinski definition) is 1. The van der Waals surface area contributed by atoms with Gasteiger partial charge < -0.3 is 10.0 Å². The topological polar surface area (TPSA) is 43.8 Å². The second kappa shape index (κ2) is 5.17. The highest BCUT2D eigenvalue weighted by Crippen LogP contribution is 2.28. The van der Waals surface area contributed by atoms with E-state index in [1.165, 1.54) is 6.42 Å². The summed E-state index contributed by atoms with van der Waals surface area (Å²) in [5.41, 5.74) is -0.576. The summed E-state index contributed by atoms with van der Waals surface area (Å²) in [6, 6.07) is 0.386. The van der Waals surface area contributed by atoms with Gasteiger partial charge in [0.2, 0.25) is 5.91 Å². The lowest BCUT2D eigenvalue weighted by Gasteiger charge is -2.49. The van der Waals surface area contributed by atoms with E-state index in [0.29, 0.717) is 25.7 Å². The van der Waals surface area contributed by atoms with Gasteiger partial charge in [-0.05, 0) is 32.1 Å². The highest BCUT2D eigenvalue weighted by atomic mass is 16.3. The van der Waals surface area contributed by atoms with Crippen molar-refractivity contribution in [1.29, 1.82) is 0 Å². The van der Waals surface area contributed by atoms with E-state index in [0.717, 1.165) is 19.4 Å². The quantitative estimate of drug-likeness (QED) is 0.820. The largest absolute Gasteiger partial charge is 0.387 e. The maximum Gasteiger partial charge on any atom is 0.236 e. The van der Waals surface area contributed by atoms with Crippen molar-refractivity contribution in [3.8, 4) is 0 Å². The van der Waals surface area contributed by atoms with Gasteiger partial charge in [-0.25, -0.2) is 0 Å². The van der Waals surface area contributed by atoms with Crippen LogP contribution in [0.4, 0.5) is 0 Å². The molecular weight excluding hydrogens is 228 g/mol. The molecule has 1 N–H and O–H groups in total. The molecule has 2 saturated heterocycles. The van der Waals surface area contributed by atoms with Crippen molar-refractivity contribution in [2.75, 3.05) is 26.2 Å². The van der Waals surface area contributed by atoms with E-state index < -0.39 is 5.60 Å². The van der Waals surface area contributed by atoms with Gasteiger partial charge in [-0.3, -0.25) is 9.69 Å². The van der Waals surface area contributed by atoms with Gasteiger partial charge in [0.05, 0.1) is 12.1 Å². The average molecular weight is 254 g/mol. The zero-order chi connectivity index (χ0) is 13.3. The van der Waals surface area contributed by atoms with Crippen LogP contribution in [0, 0.1) is 5.92 Å². The molecule has 104 valence electrons. The number of rotatable bonds is 3. The SMILES string of the molecule is CC1CCCCN1C(=O)CN1CC(O)(C(C)C)C1. The summed E-state index contributed by atoms with van der Waals surface area (Å²) in [6.45, 7) is 8.86. The van der Waals surface area contributed by atoms with Crippen LogP contribution in [0.15, 0.2) is 0 Å². The van der Waals surface area contributed by atoms with Crippen LogP contribution < -0.4 is 0 Å². The molecule has 4 heteroatoms. The number of likely N-dealkylation sites (tertiary alicyclic amines) is 2. The molecule has 2 rings (SSSR count). The lowest BCUT2D eigenvalue weighted by Crippen LogP contribution is -2.66. The van der Waals surface area contributed by atoms with Crippen LogP contribution in [0.2, 0.25) is 0 Å². The second-order valence-corrected chi connectivity index (χ2v) is 6.34. The predicted molar refractivity (Wildman–Crippen MR) is 71.3 cm³/mol. The first kappa shape index (κ1) is 13.8. The van der Waals surface area contributed by atoms with Gasteiger partial charge in [0, 0.05) is 25.7 Å². The van der Waals surface area contributed by atoms with Gasteiger partial charge in [-0.15, -0.1) is 0 Å². The van der Waals surface area contributed by atoms with Crippen LogP contribution in [0.5, 0.6) is 0 Å². The number of carbonyl (C=O) groups excluding carboxylic acids is 1. The monoisotopic (exact) mass is 254 g/mol. The molecule has 18 heavy (non-hydrogen) atoms. The zero-order valence-electron chi connectivity index (χ0n) is 11.9. The van der Waals surface area contributed by atoms with E-state index in [9.17, 15) is 9.90 Å². The van der Waals surface area contributed by atoms with Gasteiger partial charge in [0.25, 0.3) is 0 Å². The van der Waals surface area contributed by atoms with Crippen LogP contribution in [0.25, 0.3) is 0 Å². The van der Waals surface area contributed by atoms with Crippen molar-refractivity contribution in [3.05, 3.63) is 0 Å². The standard InChI is InChI=1S/C14H26N2O2/c1-11(2)14(18)9-15(10-14)8-13(17)16-7-5-4-6-12(16)3/h11-12,18H,4-10H2,1-3H3. The molecule has 2 aliphatic rings. The van der Waals surface area contributed by atoms with Crippen molar-refractivity contribution < 1.29 is 9.90 Å². The van der Waals surface area contributed by atoms with Crippen LogP contribution in [-0.2, 0) is 4.79 Å². The van der Waals surface area contributed by atoms with E-state index in [4.69, 9.17) is 0 Å². The van der Waals surface area contributed by atoms with Crippen LogP contribution in [0.1, 0.15) is 40.0 Å². The molecular formula is C14H26N2O2. The average Bonchev–Trinajstić information content (AvgIpc) is 2.26. The Balaban J connectivity index is 1.79. The Morgan fingerprint density at radius 3 is 2.61 bits per heavy atom. The first-order valence-electron chi connectivity index (χ1n) is 7.16. The first-order valence-corrected chi connectivity index (χ1v) is 7.16. The Kier molecular flexibility index (Phi) is 3.97. The number of piperidine rings is 1. The summed E-state index contributed by atoms with van der Waals surface area (Å²) in [4.78, 5) is 16.3. The molecule has 4 nitrogen and oxygen atoms in total. The molecule has 0 aromatic carbocycles. The molecule has 0 aromatic rings. The molecule has 1 unspecified atom stereocenters. The van der Waals surface area contributed by atoms with Crippen molar-refractivity contribution in [3.63, 3.8) is 0 Å². The Morgan fingerprint density at radius 1 is 1.39 bits per heavy atom. The smallest absolute Gasteiger partial charge is 0.236 e. The number of hydrogen-bond acceptors (Lipinski definition) is 3. The summed E-state index contributed by atoms with van der Waals surface area (Å²) >= 11 is 0. The maximum absolute atomic E-state index is 12.2. The van der Waals surface area contributed by atoms with Crippen LogP contribution in [-0.4, -0.2) is 58.6 Å². The Labute approximate surface area is 110 Å². The fraction of sp³-hybridized carbons (Fsp3) is 0.929. The fourth-order valence-electron chi connectivity index (χ4n) is 2.96. The third-order valence-electron chi connectivity index (χ3n) is 4.55. The van der Waals surface area contributed by atoms with E-state index in [-0.39, 0.29) is 11.8 Å². The minimum absolute atomic E-state index is 0.230. The normalized spacial score (nSPS) is 28.3. The van der Waals surface area contributed by atoms with Gasteiger partial charge in [-0.1, -0.05) is 13.8 Å². The van der Waals surface area contributed by atoms with E-state index in [2.05, 4.69) is 11.8 Å². The molecule has 0 radical (unpaired) electrons. The molecule has 0 spiro atoms. The Morgan fingerprint density at radius 2 is 2.06 bits per heavy atom. The molecule has 2 aliphatic heterocycles. The third kappa shape index (κ3) is 2.69. The number of aliphatic hydroxyl groups is 1. The summed E-state index contributed by atoms with van der Waals surface area (Å²) in [7, 11) is 0. The van der Waals surface area contributed by atoms with Crippen LogP contribution >= 0.6 is 0 Å². The Hall–Kier alpha value is -0.610. The lowest BCUT2D eigenvalue weighted by atomic mass is 9.83. The molecule has 2 heterocycles. The summed E-state index contributed by atoms with van der Waals surface area (Å²) in [6.07, 6.45) is 3.50. The van der Waals surface area contributed by atoms with Crippen molar-refractivity contribution >= 4 is 5.91 Å². The van der Waals surface area contributed by atoms with E-state index >= 15 is 0 Å². The number of nitrogens with zero attached hydrogens (tertiary/aromatic N) is 2. The molecule has 1 atom stereocenters. The summed E-state index contributed by atoms with van der Waals surface area (Å²) in [5, 5.41) is 10.2. The first-order chi connectivity index (χ1) is 8.42. The lowest BCUT2D eigenvalue weighted by molar-refractivity contribution is -0.151. The van der Waals surface area contributed by atoms with Gasteiger partial charge in [0.1, 0.15) is 0 Å². The van der Waals surface area contributed by atoms with Crippen molar-refractivity contribution in [2.24, 2.45) is 5.92 Å². The fourth-order valence-corrected chi connectivity index (χ4v) is 2.96. The molecule has 0 saturated carbocycles. The zero-order valence-corrected chi connectivity index (χ0v) is 11.9. The third-order valence-corrected chi connectivity index (χ3v) is 4.55. The molecule has 0 bridgehead atoms. The number of amides is 1. The Bertz CT molecular complexity index is 311. The highest BCUT2D eigenvalue weighted by Gasteiger charge is 2.44. The minimum atomic E-state index is -0.576. The van der Waals surface area contributed by atoms with E-state index in [1.54, 1.807) is 0 Å². The molecule has 0 aliphatic carbocycles. The molecule has 2 fully saturated rings. The van der Waals surface area contributed by atoms with Crippen LogP contribution in [0.3, 0.4) is 0 Å². The van der Waals surface area contributed by atoms with E-state index in [1.807, 2.05) is 18.7 Å². The molecule has 1 amide bonds. The number of carbonyl (C=O) groups is 1. The predicted octanol–water partition coefficient (Wildman–Crippen LogP) is 1.09. The van der Waals surface area contributed by atoms with Crippen molar-refractivity contribution in [2.45, 2.75) is 51.7 Å². The van der Waals surface area contributed by atoms with Gasteiger partial charge in [0.15, 0.2) is 0 Å². The summed E-state index contributed by atoms with van der Waals surface area (Å²) in [5.74, 6) is 0.491. The highest BCUT2D eigenvalue weighted by molar-refractivity contribution is 5.78.